The molecule has 0 saturated carbocycles. The highest BCUT2D eigenvalue weighted by atomic mass is 35.5. The van der Waals surface area contributed by atoms with E-state index in [0.717, 1.165) is 5.56 Å². The normalized spacial score (nSPS) is 11.5. The molecular formula is C18H22Cl2N2O2. The second-order valence-electron chi connectivity index (χ2n) is 5.60. The summed E-state index contributed by atoms with van der Waals surface area (Å²) in [6.07, 6.45) is 0.516. The number of amides is 1. The number of anilines is 1. The van der Waals surface area contributed by atoms with Gasteiger partial charge in [0.1, 0.15) is 5.75 Å². The average molecular weight is 369 g/mol. The van der Waals surface area contributed by atoms with Crippen molar-refractivity contribution in [2.75, 3.05) is 5.32 Å². The zero-order valence-electron chi connectivity index (χ0n) is 13.7. The Kier molecular flexibility index (Phi) is 8.05. The van der Waals surface area contributed by atoms with E-state index in [1.807, 2.05) is 44.2 Å². The molecule has 0 fully saturated rings. The molecule has 2 aromatic carbocycles. The lowest BCUT2D eigenvalue weighted by atomic mass is 10.1. The van der Waals surface area contributed by atoms with Gasteiger partial charge in [0.25, 0.3) is 0 Å². The minimum absolute atomic E-state index is 0. The van der Waals surface area contributed by atoms with Crippen LogP contribution in [-0.4, -0.2) is 18.1 Å². The Labute approximate surface area is 153 Å². The molecule has 1 atom stereocenters. The minimum Gasteiger partial charge on any atom is -0.489 e. The standard InChI is InChI=1S/C18H21ClN2O2.ClH/c1-12(2)23-17-9-8-14(11-15(17)19)21-18(22)16(20)10-13-6-4-3-5-7-13;/h3-9,11-12,16H,10,20H2,1-2H3,(H,21,22);1H. The maximum absolute atomic E-state index is 12.2. The van der Waals surface area contributed by atoms with Crippen LogP contribution < -0.4 is 15.8 Å². The van der Waals surface area contributed by atoms with Gasteiger partial charge in [-0.05, 0) is 44.0 Å². The van der Waals surface area contributed by atoms with Crippen molar-refractivity contribution in [2.24, 2.45) is 5.73 Å². The van der Waals surface area contributed by atoms with Crippen molar-refractivity contribution in [3.8, 4) is 5.75 Å². The highest BCUT2D eigenvalue weighted by molar-refractivity contribution is 6.32. The first kappa shape index (κ1) is 20.3. The second kappa shape index (κ2) is 9.52. The SMILES string of the molecule is CC(C)Oc1ccc(NC(=O)C(N)Cc2ccccc2)cc1Cl.Cl. The first-order valence-electron chi connectivity index (χ1n) is 7.52. The third kappa shape index (κ3) is 6.04. The molecule has 24 heavy (non-hydrogen) atoms. The number of benzene rings is 2. The van der Waals surface area contributed by atoms with Crippen molar-refractivity contribution in [3.63, 3.8) is 0 Å². The van der Waals surface area contributed by atoms with Crippen LogP contribution >= 0.6 is 24.0 Å². The second-order valence-corrected chi connectivity index (χ2v) is 6.00. The van der Waals surface area contributed by atoms with Crippen molar-refractivity contribution in [1.82, 2.24) is 0 Å². The van der Waals surface area contributed by atoms with Gasteiger partial charge in [0.15, 0.2) is 0 Å². The number of nitrogens with one attached hydrogen (secondary N) is 1. The maximum atomic E-state index is 12.2. The van der Waals surface area contributed by atoms with Gasteiger partial charge in [-0.25, -0.2) is 0 Å². The van der Waals surface area contributed by atoms with Gasteiger partial charge in [-0.3, -0.25) is 4.79 Å². The van der Waals surface area contributed by atoms with E-state index in [2.05, 4.69) is 5.32 Å². The highest BCUT2D eigenvalue weighted by Crippen LogP contribution is 2.28. The van der Waals surface area contributed by atoms with Crippen molar-refractivity contribution >= 4 is 35.6 Å². The van der Waals surface area contributed by atoms with Gasteiger partial charge in [0.2, 0.25) is 5.91 Å². The molecule has 0 aliphatic heterocycles. The van der Waals surface area contributed by atoms with Gasteiger partial charge in [0, 0.05) is 5.69 Å². The van der Waals surface area contributed by atoms with E-state index in [4.69, 9.17) is 22.1 Å². The molecule has 130 valence electrons. The molecular weight excluding hydrogens is 347 g/mol. The third-order valence-corrected chi connectivity index (χ3v) is 3.49. The fraction of sp³-hybridized carbons (Fsp3) is 0.278. The van der Waals surface area contributed by atoms with Gasteiger partial charge in [-0.1, -0.05) is 41.9 Å². The number of hydrogen-bond acceptors (Lipinski definition) is 3. The number of carbonyl (C=O) groups excluding carboxylic acids is 1. The maximum Gasteiger partial charge on any atom is 0.241 e. The summed E-state index contributed by atoms with van der Waals surface area (Å²) >= 11 is 6.16. The summed E-state index contributed by atoms with van der Waals surface area (Å²) in [6.45, 7) is 3.85. The molecule has 0 radical (unpaired) electrons. The molecule has 3 N–H and O–H groups in total. The quantitative estimate of drug-likeness (QED) is 0.807. The summed E-state index contributed by atoms with van der Waals surface area (Å²) < 4.78 is 5.56. The number of nitrogens with two attached hydrogens (primary N) is 1. The Bertz CT molecular complexity index is 663. The molecule has 0 heterocycles. The Morgan fingerprint density at radius 1 is 1.21 bits per heavy atom. The molecule has 2 rings (SSSR count). The van der Waals surface area contributed by atoms with E-state index >= 15 is 0 Å². The summed E-state index contributed by atoms with van der Waals surface area (Å²) in [5, 5.41) is 3.23. The van der Waals surface area contributed by atoms with Crippen molar-refractivity contribution in [2.45, 2.75) is 32.4 Å². The molecule has 0 aromatic heterocycles. The van der Waals surface area contributed by atoms with Gasteiger partial charge in [-0.15, -0.1) is 12.4 Å². The number of rotatable bonds is 6. The molecule has 1 amide bonds. The Morgan fingerprint density at radius 3 is 2.46 bits per heavy atom. The van der Waals surface area contributed by atoms with Crippen LogP contribution in [0.4, 0.5) is 5.69 Å². The lowest BCUT2D eigenvalue weighted by molar-refractivity contribution is -0.117. The number of hydrogen-bond donors (Lipinski definition) is 2. The monoisotopic (exact) mass is 368 g/mol. The van der Waals surface area contributed by atoms with Crippen LogP contribution in [0, 0.1) is 0 Å². The van der Waals surface area contributed by atoms with E-state index in [9.17, 15) is 4.79 Å². The van der Waals surface area contributed by atoms with Crippen molar-refractivity contribution in [1.29, 1.82) is 0 Å². The van der Waals surface area contributed by atoms with E-state index in [0.29, 0.717) is 22.9 Å². The summed E-state index contributed by atoms with van der Waals surface area (Å²) in [7, 11) is 0. The highest BCUT2D eigenvalue weighted by Gasteiger charge is 2.15. The van der Waals surface area contributed by atoms with Gasteiger partial charge in [-0.2, -0.15) is 0 Å². The molecule has 2 aromatic rings. The first-order valence-corrected chi connectivity index (χ1v) is 7.90. The van der Waals surface area contributed by atoms with E-state index in [1.165, 1.54) is 0 Å². The summed E-state index contributed by atoms with van der Waals surface area (Å²) in [5.74, 6) is 0.343. The summed E-state index contributed by atoms with van der Waals surface area (Å²) in [5.41, 5.74) is 7.58. The topological polar surface area (TPSA) is 64.3 Å². The Balaban J connectivity index is 0.00000288. The molecule has 0 aliphatic rings. The summed E-state index contributed by atoms with van der Waals surface area (Å²) in [4.78, 5) is 12.2. The van der Waals surface area contributed by atoms with Crippen molar-refractivity contribution < 1.29 is 9.53 Å². The summed E-state index contributed by atoms with van der Waals surface area (Å²) in [6, 6.07) is 14.2. The minimum atomic E-state index is -0.622. The van der Waals surface area contributed by atoms with Crippen LogP contribution in [0.25, 0.3) is 0 Å². The van der Waals surface area contributed by atoms with Crippen LogP contribution in [0.1, 0.15) is 19.4 Å². The Morgan fingerprint density at radius 2 is 1.88 bits per heavy atom. The van der Waals surface area contributed by atoms with Gasteiger partial charge in [0.05, 0.1) is 17.2 Å². The molecule has 1 unspecified atom stereocenters. The fourth-order valence-electron chi connectivity index (χ4n) is 2.12. The molecule has 0 spiro atoms. The number of carbonyl (C=O) groups is 1. The fourth-order valence-corrected chi connectivity index (χ4v) is 2.35. The largest absolute Gasteiger partial charge is 0.489 e. The third-order valence-electron chi connectivity index (χ3n) is 3.20. The molecule has 6 heteroatoms. The molecule has 0 saturated heterocycles. The molecule has 0 bridgehead atoms. The molecule has 0 aliphatic carbocycles. The van der Waals surface area contributed by atoms with Crippen molar-refractivity contribution in [3.05, 3.63) is 59.1 Å². The van der Waals surface area contributed by atoms with Crippen LogP contribution in [0.15, 0.2) is 48.5 Å². The van der Waals surface area contributed by atoms with Gasteiger partial charge >= 0.3 is 0 Å². The lowest BCUT2D eigenvalue weighted by Gasteiger charge is -2.15. The zero-order chi connectivity index (χ0) is 16.8. The van der Waals surface area contributed by atoms with E-state index < -0.39 is 6.04 Å². The lowest BCUT2D eigenvalue weighted by Crippen LogP contribution is -2.37. The van der Waals surface area contributed by atoms with Crippen LogP contribution in [0.3, 0.4) is 0 Å². The predicted molar refractivity (Wildman–Crippen MR) is 101 cm³/mol. The van der Waals surface area contributed by atoms with E-state index in [-0.39, 0.29) is 24.4 Å². The van der Waals surface area contributed by atoms with Crippen LogP contribution in [-0.2, 0) is 11.2 Å². The zero-order valence-corrected chi connectivity index (χ0v) is 15.2. The Hall–Kier alpha value is -1.75. The van der Waals surface area contributed by atoms with Crippen LogP contribution in [0.5, 0.6) is 5.75 Å². The smallest absolute Gasteiger partial charge is 0.241 e. The predicted octanol–water partition coefficient (Wildman–Crippen LogP) is 4.06. The molecule has 4 nitrogen and oxygen atoms in total. The number of ether oxygens (including phenoxy) is 1. The van der Waals surface area contributed by atoms with E-state index in [1.54, 1.807) is 18.2 Å². The number of halogens is 2. The first-order chi connectivity index (χ1) is 11.0. The van der Waals surface area contributed by atoms with Gasteiger partial charge < -0.3 is 15.8 Å². The average Bonchev–Trinajstić information content (AvgIpc) is 2.50. The van der Waals surface area contributed by atoms with Crippen LogP contribution in [0.2, 0.25) is 5.02 Å².